The van der Waals surface area contributed by atoms with E-state index in [1.165, 1.54) is 11.4 Å². The Kier molecular flexibility index (Phi) is 7.77. The Bertz CT molecular complexity index is 899. The lowest BCUT2D eigenvalue weighted by Crippen LogP contribution is -2.32. The summed E-state index contributed by atoms with van der Waals surface area (Å²) < 4.78 is 30.2. The first-order chi connectivity index (χ1) is 13.3. The number of amides is 1. The lowest BCUT2D eigenvalue weighted by molar-refractivity contribution is -0.122. The molecule has 0 heterocycles. The number of benzene rings is 2. The lowest BCUT2D eigenvalue weighted by Gasteiger charge is -2.20. The van der Waals surface area contributed by atoms with E-state index in [1.54, 1.807) is 36.0 Å². The highest BCUT2D eigenvalue weighted by molar-refractivity contribution is 7.99. The Labute approximate surface area is 171 Å². The molecule has 1 atom stereocenters. The van der Waals surface area contributed by atoms with E-state index in [9.17, 15) is 13.2 Å². The average molecular weight is 423 g/mol. The van der Waals surface area contributed by atoms with Crippen LogP contribution in [0.4, 0.5) is 11.4 Å². The van der Waals surface area contributed by atoms with E-state index in [0.29, 0.717) is 17.9 Å². The third-order valence-corrected chi connectivity index (χ3v) is 6.25. The van der Waals surface area contributed by atoms with Crippen molar-refractivity contribution in [2.75, 3.05) is 28.7 Å². The van der Waals surface area contributed by atoms with Crippen molar-refractivity contribution in [3.63, 3.8) is 0 Å². The summed E-state index contributed by atoms with van der Waals surface area (Å²) in [6.45, 7) is 3.94. The van der Waals surface area contributed by atoms with Gasteiger partial charge in [-0.1, -0.05) is 26.0 Å². The summed E-state index contributed by atoms with van der Waals surface area (Å²) in [5.41, 5.74) is 1.30. The maximum Gasteiger partial charge on any atom is 0.265 e. The highest BCUT2D eigenvalue weighted by Gasteiger charge is 2.20. The molecule has 2 aromatic carbocycles. The van der Waals surface area contributed by atoms with Crippen molar-refractivity contribution in [2.45, 2.75) is 31.3 Å². The average Bonchev–Trinajstić information content (AvgIpc) is 2.67. The van der Waals surface area contributed by atoms with E-state index in [-0.39, 0.29) is 5.91 Å². The second kappa shape index (κ2) is 9.84. The minimum Gasteiger partial charge on any atom is -0.481 e. The number of rotatable bonds is 9. The number of hydrogen-bond donors (Lipinski definition) is 1. The number of ether oxygens (including phenoxy) is 1. The number of thioether (sulfide) groups is 1. The first-order valence-corrected chi connectivity index (χ1v) is 11.8. The van der Waals surface area contributed by atoms with Gasteiger partial charge in [-0.2, -0.15) is 0 Å². The van der Waals surface area contributed by atoms with Crippen LogP contribution >= 0.6 is 11.8 Å². The summed E-state index contributed by atoms with van der Waals surface area (Å²) >= 11 is 1.66. The standard InChI is InChI=1S/C20H26N2O4S2/c1-5-18(20(23)21-17-9-7-8-10-19(17)27-6-2)26-16-13-11-15(12-14-16)22(3)28(4,24)25/h7-14,18H,5-6H2,1-4H3,(H,21,23)/t18-/m0/s1. The smallest absolute Gasteiger partial charge is 0.265 e. The Morgan fingerprint density at radius 3 is 2.36 bits per heavy atom. The van der Waals surface area contributed by atoms with Gasteiger partial charge in [-0.05, 0) is 48.6 Å². The van der Waals surface area contributed by atoms with Gasteiger partial charge in [0.15, 0.2) is 6.10 Å². The highest BCUT2D eigenvalue weighted by atomic mass is 32.2. The first kappa shape index (κ1) is 22.1. The molecule has 152 valence electrons. The third-order valence-electron chi connectivity index (χ3n) is 4.08. The maximum atomic E-state index is 12.7. The number of anilines is 2. The van der Waals surface area contributed by atoms with Crippen molar-refractivity contribution in [1.82, 2.24) is 0 Å². The van der Waals surface area contributed by atoms with Crippen LogP contribution in [0.5, 0.6) is 5.75 Å². The van der Waals surface area contributed by atoms with Gasteiger partial charge in [0.1, 0.15) is 5.75 Å². The lowest BCUT2D eigenvalue weighted by atomic mass is 10.2. The van der Waals surface area contributed by atoms with Crippen molar-refractivity contribution in [3.05, 3.63) is 48.5 Å². The van der Waals surface area contributed by atoms with Crippen LogP contribution in [0.25, 0.3) is 0 Å². The summed E-state index contributed by atoms with van der Waals surface area (Å²) in [4.78, 5) is 13.7. The summed E-state index contributed by atoms with van der Waals surface area (Å²) in [6.07, 6.45) is 0.988. The highest BCUT2D eigenvalue weighted by Crippen LogP contribution is 2.27. The van der Waals surface area contributed by atoms with Gasteiger partial charge in [0.2, 0.25) is 10.0 Å². The van der Waals surface area contributed by atoms with Crippen molar-refractivity contribution in [3.8, 4) is 5.75 Å². The Hall–Kier alpha value is -2.19. The molecule has 2 rings (SSSR count). The monoisotopic (exact) mass is 422 g/mol. The normalized spacial score (nSPS) is 12.3. The Morgan fingerprint density at radius 2 is 1.79 bits per heavy atom. The molecule has 0 aliphatic heterocycles. The number of carbonyl (C=O) groups is 1. The zero-order chi connectivity index (χ0) is 20.7. The molecule has 0 radical (unpaired) electrons. The number of nitrogens with one attached hydrogen (secondary N) is 1. The molecule has 28 heavy (non-hydrogen) atoms. The van der Waals surface area contributed by atoms with Crippen molar-refractivity contribution >= 4 is 39.1 Å². The van der Waals surface area contributed by atoms with Gasteiger partial charge >= 0.3 is 0 Å². The van der Waals surface area contributed by atoms with Gasteiger partial charge in [0.25, 0.3) is 5.91 Å². The van der Waals surface area contributed by atoms with E-state index in [2.05, 4.69) is 12.2 Å². The summed E-state index contributed by atoms with van der Waals surface area (Å²) in [7, 11) is -1.84. The summed E-state index contributed by atoms with van der Waals surface area (Å²) in [5, 5.41) is 2.94. The molecule has 0 aromatic heterocycles. The molecule has 0 aliphatic carbocycles. The fourth-order valence-electron chi connectivity index (χ4n) is 2.48. The number of sulfonamides is 1. The number of hydrogen-bond acceptors (Lipinski definition) is 5. The molecule has 0 saturated heterocycles. The van der Waals surface area contributed by atoms with Gasteiger partial charge in [-0.25, -0.2) is 8.42 Å². The van der Waals surface area contributed by atoms with Crippen LogP contribution < -0.4 is 14.4 Å². The summed E-state index contributed by atoms with van der Waals surface area (Å²) in [5.74, 6) is 1.20. The fraction of sp³-hybridized carbons (Fsp3) is 0.350. The van der Waals surface area contributed by atoms with Gasteiger partial charge in [-0.15, -0.1) is 11.8 Å². The van der Waals surface area contributed by atoms with Crippen LogP contribution in [0.2, 0.25) is 0 Å². The van der Waals surface area contributed by atoms with E-state index in [1.807, 2.05) is 31.2 Å². The molecule has 6 nitrogen and oxygen atoms in total. The molecule has 1 amide bonds. The van der Waals surface area contributed by atoms with Gasteiger partial charge in [0, 0.05) is 11.9 Å². The van der Waals surface area contributed by atoms with Crippen molar-refractivity contribution in [2.24, 2.45) is 0 Å². The predicted molar refractivity (Wildman–Crippen MR) is 116 cm³/mol. The van der Waals surface area contributed by atoms with Gasteiger partial charge in [0.05, 0.1) is 17.6 Å². The molecular formula is C20H26N2O4S2. The van der Waals surface area contributed by atoms with Crippen LogP contribution in [0, 0.1) is 0 Å². The SMILES string of the molecule is CCSc1ccccc1NC(=O)[C@H](CC)Oc1ccc(N(C)S(C)(=O)=O)cc1. The Morgan fingerprint density at radius 1 is 1.14 bits per heavy atom. The molecule has 0 unspecified atom stereocenters. The molecule has 8 heteroatoms. The zero-order valence-electron chi connectivity index (χ0n) is 16.5. The third kappa shape index (κ3) is 5.90. The second-order valence-corrected chi connectivity index (χ2v) is 9.48. The second-order valence-electron chi connectivity index (χ2n) is 6.16. The van der Waals surface area contributed by atoms with E-state index < -0.39 is 16.1 Å². The largest absolute Gasteiger partial charge is 0.481 e. The van der Waals surface area contributed by atoms with E-state index in [4.69, 9.17) is 4.74 Å². The van der Waals surface area contributed by atoms with Crippen LogP contribution in [0.3, 0.4) is 0 Å². The molecule has 1 N–H and O–H groups in total. The quantitative estimate of drug-likeness (QED) is 0.619. The maximum absolute atomic E-state index is 12.7. The molecule has 0 saturated carbocycles. The molecule has 2 aromatic rings. The number of carbonyl (C=O) groups excluding carboxylic acids is 1. The first-order valence-electron chi connectivity index (χ1n) is 8.99. The van der Waals surface area contributed by atoms with Crippen molar-refractivity contribution < 1.29 is 17.9 Å². The van der Waals surface area contributed by atoms with Crippen LogP contribution in [-0.2, 0) is 14.8 Å². The minimum atomic E-state index is -3.33. The van der Waals surface area contributed by atoms with Crippen molar-refractivity contribution in [1.29, 1.82) is 0 Å². The predicted octanol–water partition coefficient (Wildman–Crippen LogP) is 3.99. The van der Waals surface area contributed by atoms with Crippen LogP contribution in [0.15, 0.2) is 53.4 Å². The van der Waals surface area contributed by atoms with Gasteiger partial charge in [-0.3, -0.25) is 9.10 Å². The number of para-hydroxylation sites is 1. The van der Waals surface area contributed by atoms with Crippen LogP contribution in [0.1, 0.15) is 20.3 Å². The molecule has 0 aliphatic rings. The van der Waals surface area contributed by atoms with E-state index in [0.717, 1.165) is 22.6 Å². The summed E-state index contributed by atoms with van der Waals surface area (Å²) in [6, 6.07) is 14.3. The Balaban J connectivity index is 2.08. The number of nitrogens with zero attached hydrogens (tertiary/aromatic N) is 1. The molecule has 0 fully saturated rings. The zero-order valence-corrected chi connectivity index (χ0v) is 18.1. The van der Waals surface area contributed by atoms with Gasteiger partial charge < -0.3 is 10.1 Å². The van der Waals surface area contributed by atoms with Crippen LogP contribution in [-0.4, -0.2) is 39.5 Å². The molecule has 0 bridgehead atoms. The molecular weight excluding hydrogens is 396 g/mol. The molecule has 0 spiro atoms. The topological polar surface area (TPSA) is 75.7 Å². The van der Waals surface area contributed by atoms with E-state index >= 15 is 0 Å². The minimum absolute atomic E-state index is 0.219. The fourth-order valence-corrected chi connectivity index (χ4v) is 3.74.